The maximum atomic E-state index is 14.7. The van der Waals surface area contributed by atoms with Crippen LogP contribution in [0.4, 0.5) is 22.0 Å². The Morgan fingerprint density at radius 3 is 2.28 bits per heavy atom. The minimum atomic E-state index is -4.83. The Kier molecular flexibility index (Phi) is 9.68. The number of esters is 1. The van der Waals surface area contributed by atoms with Crippen molar-refractivity contribution in [2.24, 2.45) is 0 Å². The Labute approximate surface area is 222 Å². The highest BCUT2D eigenvalue weighted by Gasteiger charge is 2.35. The lowest BCUT2D eigenvalue weighted by Gasteiger charge is -2.23. The third-order valence-electron chi connectivity index (χ3n) is 5.73. The zero-order chi connectivity index (χ0) is 28.8. The van der Waals surface area contributed by atoms with Crippen molar-refractivity contribution in [2.75, 3.05) is 26.5 Å². The predicted molar refractivity (Wildman–Crippen MR) is 133 cm³/mol. The Hall–Kier alpha value is -3.51. The van der Waals surface area contributed by atoms with Gasteiger partial charge in [0, 0.05) is 37.5 Å². The molecule has 3 rings (SSSR count). The van der Waals surface area contributed by atoms with Crippen LogP contribution in [0.5, 0.6) is 5.75 Å². The number of methoxy groups -OCH3 is 1. The smallest absolute Gasteiger partial charge is 0.419 e. The van der Waals surface area contributed by atoms with Crippen LogP contribution >= 0.6 is 0 Å². The SMILES string of the molecule is COC(=O)c1c(F)cc(OCCCN(Cc2ccccc2)Cc2cccc(C(F)(F)F)c2F)cc1S(C)(=O)=O. The van der Waals surface area contributed by atoms with E-state index in [1.807, 2.05) is 18.2 Å². The van der Waals surface area contributed by atoms with Crippen LogP contribution < -0.4 is 4.74 Å². The van der Waals surface area contributed by atoms with Crippen molar-refractivity contribution in [1.82, 2.24) is 4.90 Å². The van der Waals surface area contributed by atoms with Crippen molar-refractivity contribution in [3.05, 3.63) is 94.6 Å². The summed E-state index contributed by atoms with van der Waals surface area (Å²) in [6, 6.07) is 14.1. The molecule has 0 aliphatic rings. The zero-order valence-electron chi connectivity index (χ0n) is 21.1. The normalized spacial score (nSPS) is 12.0. The molecule has 0 heterocycles. The third-order valence-corrected chi connectivity index (χ3v) is 6.85. The van der Waals surface area contributed by atoms with Crippen molar-refractivity contribution in [2.45, 2.75) is 30.6 Å². The summed E-state index contributed by atoms with van der Waals surface area (Å²) in [5, 5.41) is 0. The number of halogens is 5. The monoisotopic (exact) mass is 571 g/mol. The number of sulfone groups is 1. The van der Waals surface area contributed by atoms with Gasteiger partial charge in [-0.3, -0.25) is 4.90 Å². The first-order chi connectivity index (χ1) is 18.3. The van der Waals surface area contributed by atoms with Crippen molar-refractivity contribution < 1.29 is 44.6 Å². The fourth-order valence-corrected chi connectivity index (χ4v) is 4.81. The molecular formula is C27H26F5NO5S. The second-order valence-corrected chi connectivity index (χ2v) is 10.7. The average molecular weight is 572 g/mol. The van der Waals surface area contributed by atoms with E-state index >= 15 is 0 Å². The first-order valence-corrected chi connectivity index (χ1v) is 13.6. The van der Waals surface area contributed by atoms with Gasteiger partial charge in [0.15, 0.2) is 9.84 Å². The highest BCUT2D eigenvalue weighted by molar-refractivity contribution is 7.90. The van der Waals surface area contributed by atoms with Gasteiger partial charge in [-0.1, -0.05) is 42.5 Å². The number of ether oxygens (including phenoxy) is 2. The summed E-state index contributed by atoms with van der Waals surface area (Å²) in [4.78, 5) is 13.0. The lowest BCUT2D eigenvalue weighted by atomic mass is 10.1. The maximum absolute atomic E-state index is 14.7. The topological polar surface area (TPSA) is 72.9 Å². The lowest BCUT2D eigenvalue weighted by Crippen LogP contribution is -2.26. The van der Waals surface area contributed by atoms with Crippen molar-refractivity contribution >= 4 is 15.8 Å². The summed E-state index contributed by atoms with van der Waals surface area (Å²) in [7, 11) is -3.02. The van der Waals surface area contributed by atoms with Gasteiger partial charge < -0.3 is 9.47 Å². The number of hydrogen-bond donors (Lipinski definition) is 0. The fourth-order valence-electron chi connectivity index (χ4n) is 3.93. The van der Waals surface area contributed by atoms with Gasteiger partial charge in [0.1, 0.15) is 22.9 Å². The number of carbonyl (C=O) groups excluding carboxylic acids is 1. The molecule has 210 valence electrons. The second-order valence-electron chi connectivity index (χ2n) is 8.72. The molecule has 0 aliphatic carbocycles. The van der Waals surface area contributed by atoms with Crippen molar-refractivity contribution in [3.63, 3.8) is 0 Å². The van der Waals surface area contributed by atoms with E-state index in [1.54, 1.807) is 17.0 Å². The van der Waals surface area contributed by atoms with Crippen LogP contribution in [0.2, 0.25) is 0 Å². The minimum absolute atomic E-state index is 0.0312. The number of carbonyl (C=O) groups is 1. The van der Waals surface area contributed by atoms with E-state index in [0.29, 0.717) is 12.6 Å². The lowest BCUT2D eigenvalue weighted by molar-refractivity contribution is -0.140. The highest BCUT2D eigenvalue weighted by atomic mass is 32.2. The number of hydrogen-bond acceptors (Lipinski definition) is 6. The Morgan fingerprint density at radius 2 is 1.67 bits per heavy atom. The second kappa shape index (κ2) is 12.6. The molecule has 0 aromatic heterocycles. The number of benzene rings is 3. The van der Waals surface area contributed by atoms with Gasteiger partial charge in [-0.05, 0) is 24.1 Å². The standard InChI is InChI=1S/C27H26F5NO5S/c1-37-26(34)24-22(28)14-20(15-23(24)39(2,35)36)38-13-7-12-33(16-18-8-4-3-5-9-18)17-19-10-6-11-21(25(19)29)27(30,31)32/h3-6,8-11,14-15H,7,12-13,16-17H2,1-2H3. The molecule has 3 aromatic carbocycles. The summed E-state index contributed by atoms with van der Waals surface area (Å²) >= 11 is 0. The molecule has 0 N–H and O–H groups in total. The van der Waals surface area contributed by atoms with Crippen molar-refractivity contribution in [1.29, 1.82) is 0 Å². The van der Waals surface area contributed by atoms with Crippen LogP contribution in [-0.4, -0.2) is 45.8 Å². The summed E-state index contributed by atoms with van der Waals surface area (Å²) in [6.07, 6.45) is -3.74. The van der Waals surface area contributed by atoms with Crippen LogP contribution in [0.3, 0.4) is 0 Å². The number of nitrogens with zero attached hydrogens (tertiary/aromatic N) is 1. The van der Waals surface area contributed by atoms with E-state index < -0.39 is 49.6 Å². The first kappa shape index (κ1) is 30.0. The molecule has 0 fully saturated rings. The van der Waals surface area contributed by atoms with E-state index in [2.05, 4.69) is 4.74 Å². The van der Waals surface area contributed by atoms with Gasteiger partial charge >= 0.3 is 12.1 Å². The average Bonchev–Trinajstić information content (AvgIpc) is 2.86. The molecule has 3 aromatic rings. The number of rotatable bonds is 11. The molecule has 0 spiro atoms. The minimum Gasteiger partial charge on any atom is -0.493 e. The van der Waals surface area contributed by atoms with E-state index in [9.17, 15) is 35.2 Å². The van der Waals surface area contributed by atoms with Crippen molar-refractivity contribution in [3.8, 4) is 5.75 Å². The molecule has 6 nitrogen and oxygen atoms in total. The highest BCUT2D eigenvalue weighted by Crippen LogP contribution is 2.33. The van der Waals surface area contributed by atoms with Gasteiger partial charge in [0.05, 0.1) is 24.2 Å². The van der Waals surface area contributed by atoms with E-state index in [4.69, 9.17) is 4.74 Å². The molecular weight excluding hydrogens is 545 g/mol. The molecule has 0 bridgehead atoms. The Bertz CT molecular complexity index is 1410. The maximum Gasteiger partial charge on any atom is 0.419 e. The summed E-state index contributed by atoms with van der Waals surface area (Å²) < 4.78 is 103. The van der Waals surface area contributed by atoms with E-state index in [1.165, 1.54) is 6.07 Å². The van der Waals surface area contributed by atoms with E-state index in [-0.39, 0.29) is 37.4 Å². The molecule has 0 atom stereocenters. The van der Waals surface area contributed by atoms with Crippen LogP contribution in [0, 0.1) is 11.6 Å². The largest absolute Gasteiger partial charge is 0.493 e. The molecule has 0 amide bonds. The molecule has 0 saturated heterocycles. The van der Waals surface area contributed by atoms with Crippen LogP contribution in [0.25, 0.3) is 0 Å². The van der Waals surface area contributed by atoms with Crippen LogP contribution in [0.15, 0.2) is 65.6 Å². The first-order valence-electron chi connectivity index (χ1n) is 11.7. The molecule has 0 aliphatic heterocycles. The van der Waals surface area contributed by atoms with Crippen LogP contribution in [0.1, 0.15) is 33.5 Å². The predicted octanol–water partition coefficient (Wildman–Crippen LogP) is 5.65. The molecule has 12 heteroatoms. The summed E-state index contributed by atoms with van der Waals surface area (Å²) in [5.74, 6) is -3.77. The van der Waals surface area contributed by atoms with Gasteiger partial charge in [0.25, 0.3) is 0 Å². The molecule has 0 radical (unpaired) electrons. The van der Waals surface area contributed by atoms with Gasteiger partial charge in [-0.25, -0.2) is 22.0 Å². The Balaban J connectivity index is 1.76. The molecule has 0 saturated carbocycles. The molecule has 39 heavy (non-hydrogen) atoms. The zero-order valence-corrected chi connectivity index (χ0v) is 21.9. The summed E-state index contributed by atoms with van der Waals surface area (Å²) in [5.41, 5.74) is -1.35. The van der Waals surface area contributed by atoms with Gasteiger partial charge in [0.2, 0.25) is 0 Å². The quantitative estimate of drug-likeness (QED) is 0.168. The van der Waals surface area contributed by atoms with Crippen LogP contribution in [-0.2, 0) is 33.8 Å². The number of alkyl halides is 3. The van der Waals surface area contributed by atoms with Gasteiger partial charge in [-0.2, -0.15) is 13.2 Å². The third kappa shape index (κ3) is 7.99. The van der Waals surface area contributed by atoms with Gasteiger partial charge in [-0.15, -0.1) is 0 Å². The molecule has 0 unspecified atom stereocenters. The van der Waals surface area contributed by atoms with E-state index in [0.717, 1.165) is 37.1 Å². The Morgan fingerprint density at radius 1 is 0.974 bits per heavy atom. The fraction of sp³-hybridized carbons (Fsp3) is 0.296. The summed E-state index contributed by atoms with van der Waals surface area (Å²) in [6.45, 7) is 0.408.